The van der Waals surface area contributed by atoms with Gasteiger partial charge in [-0.3, -0.25) is 14.5 Å². The Labute approximate surface area is 208 Å². The van der Waals surface area contributed by atoms with E-state index >= 15 is 0 Å². The molecule has 2 aromatic carbocycles. The number of likely N-dealkylation sites (tertiary alicyclic amines) is 1. The molecule has 0 aliphatic carbocycles. The van der Waals surface area contributed by atoms with Crippen molar-refractivity contribution in [1.29, 1.82) is 0 Å². The number of hydrogen-bond acceptors (Lipinski definition) is 4. The Balaban J connectivity index is 1.35. The van der Waals surface area contributed by atoms with E-state index in [1.165, 1.54) is 23.1 Å². The molecule has 36 heavy (non-hydrogen) atoms. The van der Waals surface area contributed by atoms with Crippen LogP contribution < -0.4 is 5.32 Å². The van der Waals surface area contributed by atoms with Crippen LogP contribution in [-0.4, -0.2) is 65.5 Å². The summed E-state index contributed by atoms with van der Waals surface area (Å²) in [7, 11) is 0. The van der Waals surface area contributed by atoms with Gasteiger partial charge in [0.25, 0.3) is 5.91 Å². The molecule has 0 bridgehead atoms. The highest BCUT2D eigenvalue weighted by atomic mass is 19.1. The van der Waals surface area contributed by atoms with E-state index in [9.17, 15) is 23.2 Å². The maximum atomic E-state index is 14.0. The number of rotatable bonds is 6. The number of urea groups is 1. The van der Waals surface area contributed by atoms with E-state index in [-0.39, 0.29) is 42.4 Å². The summed E-state index contributed by atoms with van der Waals surface area (Å²) in [5.74, 6) is -1.46. The zero-order valence-electron chi connectivity index (χ0n) is 19.9. The lowest BCUT2D eigenvalue weighted by Crippen LogP contribution is -2.58. The summed E-state index contributed by atoms with van der Waals surface area (Å²) in [4.78, 5) is 42.8. The van der Waals surface area contributed by atoms with E-state index in [2.05, 4.69) is 5.32 Å². The first-order valence-corrected chi connectivity index (χ1v) is 12.4. The van der Waals surface area contributed by atoms with Gasteiger partial charge in [0.15, 0.2) is 0 Å². The fourth-order valence-electron chi connectivity index (χ4n) is 5.67. The van der Waals surface area contributed by atoms with Gasteiger partial charge in [-0.05, 0) is 54.5 Å². The predicted octanol–water partition coefficient (Wildman–Crippen LogP) is 3.07. The second-order valence-corrected chi connectivity index (χ2v) is 9.82. The summed E-state index contributed by atoms with van der Waals surface area (Å²) in [5, 5.41) is 3.00. The number of imide groups is 1. The molecule has 190 valence electrons. The molecule has 1 N–H and O–H groups in total. The molecule has 2 aromatic rings. The smallest absolute Gasteiger partial charge is 0.325 e. The molecule has 0 unspecified atom stereocenters. The van der Waals surface area contributed by atoms with E-state index in [0.717, 1.165) is 5.56 Å². The molecular formula is C27H29F2N3O4. The third-order valence-corrected chi connectivity index (χ3v) is 7.66. The highest BCUT2D eigenvalue weighted by molar-refractivity contribution is 6.07. The van der Waals surface area contributed by atoms with Gasteiger partial charge in [0.2, 0.25) is 5.91 Å². The van der Waals surface area contributed by atoms with E-state index in [1.807, 2.05) is 0 Å². The Morgan fingerprint density at radius 1 is 1.03 bits per heavy atom. The average molecular weight is 498 g/mol. The Kier molecular flexibility index (Phi) is 6.75. The number of hydrogen-bond donors (Lipinski definition) is 1. The van der Waals surface area contributed by atoms with Crippen molar-refractivity contribution in [2.75, 3.05) is 26.3 Å². The fourth-order valence-corrected chi connectivity index (χ4v) is 5.67. The van der Waals surface area contributed by atoms with E-state index < -0.39 is 17.4 Å². The summed E-state index contributed by atoms with van der Waals surface area (Å²) in [6.45, 7) is 1.61. The minimum absolute atomic E-state index is 0.0246. The molecule has 0 aromatic heterocycles. The standard InChI is InChI=1S/C27H29F2N3O4/c28-21-7-5-18(6-8-21)16-27(25(34)32(26(35)30-27)22-11-14-36-17-22)20-9-12-31(13-10-20)24(33)15-19-3-1-2-4-23(19)29/h1-8,20,22H,9-17H2,(H,30,35)/t22-,27+/m0/s1. The van der Waals surface area contributed by atoms with E-state index in [4.69, 9.17) is 4.74 Å². The summed E-state index contributed by atoms with van der Waals surface area (Å²) in [6, 6.07) is 11.4. The van der Waals surface area contributed by atoms with E-state index in [0.29, 0.717) is 51.1 Å². The number of benzene rings is 2. The monoisotopic (exact) mass is 497 g/mol. The van der Waals surface area contributed by atoms with Gasteiger partial charge in [-0.25, -0.2) is 13.6 Å². The molecule has 3 fully saturated rings. The van der Waals surface area contributed by atoms with Gasteiger partial charge in [-0.15, -0.1) is 0 Å². The highest BCUT2D eigenvalue weighted by Crippen LogP contribution is 2.38. The van der Waals surface area contributed by atoms with Gasteiger partial charge >= 0.3 is 6.03 Å². The van der Waals surface area contributed by atoms with Crippen molar-refractivity contribution in [3.63, 3.8) is 0 Å². The number of halogens is 2. The molecule has 5 rings (SSSR count). The molecule has 3 saturated heterocycles. The number of carbonyl (C=O) groups excluding carboxylic acids is 3. The number of ether oxygens (including phenoxy) is 1. The van der Waals surface area contributed by atoms with Crippen molar-refractivity contribution >= 4 is 17.8 Å². The van der Waals surface area contributed by atoms with E-state index in [1.54, 1.807) is 35.2 Å². The van der Waals surface area contributed by atoms with Crippen molar-refractivity contribution in [2.24, 2.45) is 5.92 Å². The van der Waals surface area contributed by atoms with Crippen LogP contribution in [0.4, 0.5) is 13.6 Å². The predicted molar refractivity (Wildman–Crippen MR) is 127 cm³/mol. The molecule has 3 aliphatic heterocycles. The summed E-state index contributed by atoms with van der Waals surface area (Å²) in [5.41, 5.74) is -0.0873. The second-order valence-electron chi connectivity index (χ2n) is 9.82. The Hall–Kier alpha value is -3.33. The van der Waals surface area contributed by atoms with Crippen LogP contribution in [-0.2, 0) is 27.2 Å². The summed E-state index contributed by atoms with van der Waals surface area (Å²) < 4.78 is 33.0. The molecule has 9 heteroatoms. The number of nitrogens with zero attached hydrogens (tertiary/aromatic N) is 2. The number of carbonyl (C=O) groups is 3. The van der Waals surface area contributed by atoms with Crippen molar-refractivity contribution in [2.45, 2.75) is 43.7 Å². The lowest BCUT2D eigenvalue weighted by Gasteiger charge is -2.41. The first-order valence-electron chi connectivity index (χ1n) is 12.4. The minimum Gasteiger partial charge on any atom is -0.379 e. The molecule has 0 saturated carbocycles. The van der Waals surface area contributed by atoms with Crippen LogP contribution in [0.3, 0.4) is 0 Å². The van der Waals surface area contributed by atoms with Crippen molar-refractivity contribution < 1.29 is 27.9 Å². The van der Waals surface area contributed by atoms with Crippen LogP contribution >= 0.6 is 0 Å². The quantitative estimate of drug-likeness (QED) is 0.623. The molecule has 3 aliphatic rings. The third kappa shape index (κ3) is 4.59. The van der Waals surface area contributed by atoms with Crippen LogP contribution in [0.25, 0.3) is 0 Å². The first kappa shape index (κ1) is 24.4. The molecule has 3 heterocycles. The van der Waals surface area contributed by atoms with Crippen molar-refractivity contribution in [3.05, 3.63) is 71.3 Å². The van der Waals surface area contributed by atoms with Crippen LogP contribution in [0.15, 0.2) is 48.5 Å². The molecule has 0 spiro atoms. The lowest BCUT2D eigenvalue weighted by atomic mass is 9.73. The van der Waals surface area contributed by atoms with Crippen LogP contribution in [0.5, 0.6) is 0 Å². The minimum atomic E-state index is -1.18. The van der Waals surface area contributed by atoms with Gasteiger partial charge in [0.05, 0.1) is 19.1 Å². The Bertz CT molecular complexity index is 1140. The summed E-state index contributed by atoms with van der Waals surface area (Å²) in [6.07, 6.45) is 1.81. The molecular weight excluding hydrogens is 468 g/mol. The normalized spacial score (nSPS) is 24.9. The maximum absolute atomic E-state index is 14.0. The SMILES string of the molecule is O=C(Cc1ccccc1F)N1CCC([C@@]2(Cc3ccc(F)cc3)NC(=O)N([C@H]3CCOC3)C2=O)CC1. The van der Waals surface area contributed by atoms with Gasteiger partial charge in [0.1, 0.15) is 17.2 Å². The van der Waals surface area contributed by atoms with Gasteiger partial charge < -0.3 is 15.0 Å². The van der Waals surface area contributed by atoms with Gasteiger partial charge in [-0.1, -0.05) is 30.3 Å². The first-order chi connectivity index (χ1) is 17.4. The maximum Gasteiger partial charge on any atom is 0.325 e. The van der Waals surface area contributed by atoms with Gasteiger partial charge in [0, 0.05) is 26.1 Å². The van der Waals surface area contributed by atoms with Crippen molar-refractivity contribution in [3.8, 4) is 0 Å². The zero-order valence-corrected chi connectivity index (χ0v) is 19.9. The van der Waals surface area contributed by atoms with Gasteiger partial charge in [-0.2, -0.15) is 0 Å². The molecule has 4 amide bonds. The third-order valence-electron chi connectivity index (χ3n) is 7.66. The topological polar surface area (TPSA) is 79.0 Å². The van der Waals surface area contributed by atoms with Crippen LogP contribution in [0.2, 0.25) is 0 Å². The summed E-state index contributed by atoms with van der Waals surface area (Å²) >= 11 is 0. The highest BCUT2D eigenvalue weighted by Gasteiger charge is 2.57. The van der Waals surface area contributed by atoms with Crippen molar-refractivity contribution in [1.82, 2.24) is 15.1 Å². The zero-order chi connectivity index (χ0) is 25.3. The number of nitrogens with one attached hydrogen (secondary N) is 1. The fraction of sp³-hybridized carbons (Fsp3) is 0.444. The average Bonchev–Trinajstić information content (AvgIpc) is 3.48. The Morgan fingerprint density at radius 2 is 1.75 bits per heavy atom. The number of amides is 4. The Morgan fingerprint density at radius 3 is 2.42 bits per heavy atom. The molecule has 0 radical (unpaired) electrons. The molecule has 7 nitrogen and oxygen atoms in total. The largest absolute Gasteiger partial charge is 0.379 e. The van der Waals surface area contributed by atoms with Crippen LogP contribution in [0, 0.1) is 17.6 Å². The second kappa shape index (κ2) is 9.97. The van der Waals surface area contributed by atoms with Crippen LogP contribution in [0.1, 0.15) is 30.4 Å². The lowest BCUT2D eigenvalue weighted by molar-refractivity contribution is -0.137. The number of piperidine rings is 1. The molecule has 2 atom stereocenters.